The molecule has 0 aliphatic heterocycles. The van der Waals surface area contributed by atoms with Crippen molar-refractivity contribution in [1.29, 1.82) is 0 Å². The Morgan fingerprint density at radius 1 is 0.882 bits per heavy atom. The molecule has 86 valence electrons. The fourth-order valence-electron chi connectivity index (χ4n) is 2.02. The smallest absolute Gasteiger partial charge is 0.102 e. The minimum atomic E-state index is -1.25. The lowest BCUT2D eigenvalue weighted by molar-refractivity contribution is 1.60. The Balaban J connectivity index is 2.43. The van der Waals surface area contributed by atoms with Crippen molar-refractivity contribution in [3.63, 3.8) is 0 Å². The fourth-order valence-corrected chi connectivity index (χ4v) is 6.51. The van der Waals surface area contributed by atoms with E-state index < -0.39 is 8.80 Å². The molecule has 0 bridgehead atoms. The highest BCUT2D eigenvalue weighted by molar-refractivity contribution is 9.10. The van der Waals surface area contributed by atoms with Crippen LogP contribution in [0.2, 0.25) is 0 Å². The molecule has 0 aromatic heterocycles. The van der Waals surface area contributed by atoms with E-state index in [0.29, 0.717) is 4.45 Å². The molecular formula is C15H15BrSi. The predicted octanol–water partition coefficient (Wildman–Crippen LogP) is 2.52. The predicted molar refractivity (Wildman–Crippen MR) is 82.2 cm³/mol. The van der Waals surface area contributed by atoms with Crippen LogP contribution in [0.3, 0.4) is 0 Å². The van der Waals surface area contributed by atoms with Gasteiger partial charge < -0.3 is 0 Å². The average Bonchev–Trinajstić information content (AvgIpc) is 2.41. The fraction of sp³-hybridized carbons (Fsp3) is 0.0667. The Hall–Kier alpha value is -1.12. The first-order valence-electron chi connectivity index (χ1n) is 5.69. The highest BCUT2D eigenvalue weighted by Crippen LogP contribution is 2.07. The van der Waals surface area contributed by atoms with Crippen molar-refractivity contribution in [2.45, 2.75) is 4.45 Å². The lowest BCUT2D eigenvalue weighted by Crippen LogP contribution is -2.48. The van der Waals surface area contributed by atoms with Crippen molar-refractivity contribution in [2.75, 3.05) is 0 Å². The number of alkyl halides is 1. The molecule has 1 atom stereocenters. The Morgan fingerprint density at radius 2 is 1.29 bits per heavy atom. The summed E-state index contributed by atoms with van der Waals surface area (Å²) in [5.41, 5.74) is 0. The molecule has 0 heterocycles. The third-order valence-electron chi connectivity index (χ3n) is 2.86. The molecule has 17 heavy (non-hydrogen) atoms. The second-order valence-electron chi connectivity index (χ2n) is 3.98. The van der Waals surface area contributed by atoms with E-state index in [-0.39, 0.29) is 0 Å². The molecule has 0 spiro atoms. The number of allylic oxidation sites excluding steroid dienone is 1. The Morgan fingerprint density at radius 3 is 1.65 bits per heavy atom. The summed E-state index contributed by atoms with van der Waals surface area (Å²) >= 11 is 3.76. The van der Waals surface area contributed by atoms with Crippen LogP contribution in [0.4, 0.5) is 0 Å². The molecule has 0 nitrogen and oxygen atoms in total. The Labute approximate surface area is 113 Å². The SMILES string of the molecule is C=CC(Br)[SiH](c1ccccc1)c1ccccc1. The number of benzene rings is 2. The number of hydrogen-bond donors (Lipinski definition) is 0. The summed E-state index contributed by atoms with van der Waals surface area (Å²) in [5.74, 6) is 0. The van der Waals surface area contributed by atoms with Gasteiger partial charge in [-0.25, -0.2) is 0 Å². The van der Waals surface area contributed by atoms with Gasteiger partial charge in [-0.2, -0.15) is 0 Å². The molecule has 1 unspecified atom stereocenters. The maximum absolute atomic E-state index is 3.92. The van der Waals surface area contributed by atoms with Crippen molar-refractivity contribution < 1.29 is 0 Å². The second-order valence-corrected chi connectivity index (χ2v) is 9.02. The van der Waals surface area contributed by atoms with Crippen molar-refractivity contribution in [3.05, 3.63) is 73.3 Å². The summed E-state index contributed by atoms with van der Waals surface area (Å²) < 4.78 is 0.382. The van der Waals surface area contributed by atoms with Gasteiger partial charge in [0.15, 0.2) is 0 Å². The molecule has 0 saturated carbocycles. The molecule has 0 saturated heterocycles. The van der Waals surface area contributed by atoms with Crippen molar-refractivity contribution in [1.82, 2.24) is 0 Å². The molecule has 2 aromatic carbocycles. The highest BCUT2D eigenvalue weighted by Gasteiger charge is 2.21. The maximum atomic E-state index is 3.92. The summed E-state index contributed by atoms with van der Waals surface area (Å²) in [6.07, 6.45) is 2.01. The second kappa shape index (κ2) is 5.99. The van der Waals surface area contributed by atoms with E-state index in [0.717, 1.165) is 0 Å². The van der Waals surface area contributed by atoms with E-state index in [4.69, 9.17) is 0 Å². The summed E-state index contributed by atoms with van der Waals surface area (Å²) in [6.45, 7) is 3.92. The molecular weight excluding hydrogens is 288 g/mol. The number of rotatable bonds is 4. The van der Waals surface area contributed by atoms with Gasteiger partial charge in [-0.1, -0.05) is 93.0 Å². The zero-order valence-corrected chi connectivity index (χ0v) is 12.3. The third kappa shape index (κ3) is 2.96. The van der Waals surface area contributed by atoms with E-state index in [9.17, 15) is 0 Å². The first-order valence-corrected chi connectivity index (χ1v) is 8.43. The van der Waals surface area contributed by atoms with Gasteiger partial charge >= 0.3 is 0 Å². The van der Waals surface area contributed by atoms with E-state index in [1.54, 1.807) is 0 Å². The van der Waals surface area contributed by atoms with Crippen LogP contribution in [-0.2, 0) is 0 Å². The quantitative estimate of drug-likeness (QED) is 0.462. The van der Waals surface area contributed by atoms with Crippen LogP contribution >= 0.6 is 15.9 Å². The van der Waals surface area contributed by atoms with Gasteiger partial charge in [0, 0.05) is 4.45 Å². The summed E-state index contributed by atoms with van der Waals surface area (Å²) in [6, 6.07) is 21.5. The van der Waals surface area contributed by atoms with Crippen LogP contribution in [0, 0.1) is 0 Å². The standard InChI is InChI=1S/C15H15BrSi/c1-2-15(16)17(13-9-5-3-6-10-13)14-11-7-4-8-12-14/h2-12,15,17H,1H2. The van der Waals surface area contributed by atoms with Crippen LogP contribution in [0.1, 0.15) is 0 Å². The molecule has 0 aliphatic carbocycles. The Bertz CT molecular complexity index is 427. The maximum Gasteiger partial charge on any atom is 0.121 e. The highest BCUT2D eigenvalue weighted by atomic mass is 79.9. The average molecular weight is 303 g/mol. The van der Waals surface area contributed by atoms with Gasteiger partial charge in [-0.3, -0.25) is 0 Å². The zero-order chi connectivity index (χ0) is 12.1. The van der Waals surface area contributed by atoms with Crippen LogP contribution in [0.25, 0.3) is 0 Å². The molecule has 2 aromatic rings. The van der Waals surface area contributed by atoms with E-state index in [2.05, 4.69) is 83.2 Å². The lowest BCUT2D eigenvalue weighted by atomic mass is 10.4. The van der Waals surface area contributed by atoms with Crippen molar-refractivity contribution in [2.24, 2.45) is 0 Å². The van der Waals surface area contributed by atoms with Crippen LogP contribution < -0.4 is 10.4 Å². The molecule has 0 N–H and O–H groups in total. The molecule has 0 fully saturated rings. The van der Waals surface area contributed by atoms with E-state index in [1.807, 2.05) is 6.08 Å². The van der Waals surface area contributed by atoms with Gasteiger partial charge in [0.05, 0.1) is 0 Å². The van der Waals surface area contributed by atoms with Crippen molar-refractivity contribution in [3.8, 4) is 0 Å². The molecule has 2 rings (SSSR count). The zero-order valence-electron chi connectivity index (χ0n) is 9.59. The van der Waals surface area contributed by atoms with Gasteiger partial charge in [-0.05, 0) is 0 Å². The summed E-state index contributed by atoms with van der Waals surface area (Å²) in [7, 11) is -1.25. The summed E-state index contributed by atoms with van der Waals surface area (Å²) in [5, 5.41) is 2.89. The molecule has 0 aliphatic rings. The monoisotopic (exact) mass is 302 g/mol. The van der Waals surface area contributed by atoms with Gasteiger partial charge in [0.1, 0.15) is 8.80 Å². The largest absolute Gasteiger partial charge is 0.121 e. The normalized spacial score (nSPS) is 12.4. The van der Waals surface area contributed by atoms with Crippen LogP contribution in [0.15, 0.2) is 73.3 Å². The minimum Gasteiger partial charge on any atom is -0.102 e. The van der Waals surface area contributed by atoms with Crippen LogP contribution in [-0.4, -0.2) is 13.2 Å². The lowest BCUT2D eigenvalue weighted by Gasteiger charge is -2.19. The van der Waals surface area contributed by atoms with Gasteiger partial charge in [0.25, 0.3) is 0 Å². The van der Waals surface area contributed by atoms with E-state index >= 15 is 0 Å². The molecule has 2 heteroatoms. The number of hydrogen-bond acceptors (Lipinski definition) is 0. The summed E-state index contributed by atoms with van der Waals surface area (Å²) in [4.78, 5) is 0. The first kappa shape index (κ1) is 12.3. The van der Waals surface area contributed by atoms with E-state index in [1.165, 1.54) is 10.4 Å². The van der Waals surface area contributed by atoms with Crippen LogP contribution in [0.5, 0.6) is 0 Å². The Kier molecular flexibility index (Phi) is 4.34. The topological polar surface area (TPSA) is 0 Å². The van der Waals surface area contributed by atoms with Gasteiger partial charge in [0.2, 0.25) is 0 Å². The van der Waals surface area contributed by atoms with Gasteiger partial charge in [-0.15, -0.1) is 6.58 Å². The number of halogens is 1. The minimum absolute atomic E-state index is 0.382. The third-order valence-corrected chi connectivity index (χ3v) is 7.94. The first-order chi connectivity index (χ1) is 8.33. The molecule has 0 amide bonds. The molecule has 0 radical (unpaired) electrons. The van der Waals surface area contributed by atoms with Crippen molar-refractivity contribution >= 4 is 35.1 Å².